The van der Waals surface area contributed by atoms with Gasteiger partial charge in [-0.2, -0.15) is 13.2 Å². The fourth-order valence-electron chi connectivity index (χ4n) is 2.25. The minimum Gasteiger partial charge on any atom is -0.333 e. The van der Waals surface area contributed by atoms with Crippen LogP contribution in [0.15, 0.2) is 41.8 Å². The van der Waals surface area contributed by atoms with Crippen molar-refractivity contribution in [3.05, 3.63) is 52.2 Å². The predicted molar refractivity (Wildman–Crippen MR) is 90.4 cm³/mol. The molecule has 25 heavy (non-hydrogen) atoms. The van der Waals surface area contributed by atoms with Crippen molar-refractivity contribution in [3.63, 3.8) is 0 Å². The molecule has 2 aromatic rings. The van der Waals surface area contributed by atoms with Gasteiger partial charge in [0.05, 0.1) is 24.2 Å². The highest BCUT2D eigenvalue weighted by atomic mass is 32.1. The molecule has 1 heterocycles. The molecule has 0 atom stereocenters. The molecule has 0 unspecified atom stereocenters. The quantitative estimate of drug-likeness (QED) is 0.841. The molecule has 0 bridgehead atoms. The highest BCUT2D eigenvalue weighted by Crippen LogP contribution is 2.34. The van der Waals surface area contributed by atoms with E-state index in [4.69, 9.17) is 0 Å². The van der Waals surface area contributed by atoms with Gasteiger partial charge in [0.2, 0.25) is 11.8 Å². The topological polar surface area (TPSA) is 49.4 Å². The standard InChI is InChI=1S/C17H17F3N2O2S/c1-2-22(16(24)10-12-6-5-9-25-12)11-15(23)21-14-8-4-3-7-13(14)17(18,19)20/h3-9H,2,10-11H2,1H3,(H,21,23). The molecule has 1 N–H and O–H groups in total. The summed E-state index contributed by atoms with van der Waals surface area (Å²) in [6, 6.07) is 8.38. The first-order valence-electron chi connectivity index (χ1n) is 7.57. The van der Waals surface area contributed by atoms with E-state index in [1.807, 2.05) is 17.5 Å². The van der Waals surface area contributed by atoms with Gasteiger partial charge in [0.1, 0.15) is 0 Å². The average molecular weight is 370 g/mol. The van der Waals surface area contributed by atoms with Crippen molar-refractivity contribution in [2.45, 2.75) is 19.5 Å². The minimum atomic E-state index is -4.57. The molecule has 2 rings (SSSR count). The number of alkyl halides is 3. The summed E-state index contributed by atoms with van der Waals surface area (Å²) >= 11 is 1.43. The maximum absolute atomic E-state index is 13.0. The Morgan fingerprint density at radius 3 is 2.48 bits per heavy atom. The van der Waals surface area contributed by atoms with Crippen molar-refractivity contribution < 1.29 is 22.8 Å². The van der Waals surface area contributed by atoms with Crippen LogP contribution in [0.5, 0.6) is 0 Å². The molecule has 0 spiro atoms. The Bertz CT molecular complexity index is 730. The van der Waals surface area contributed by atoms with E-state index in [9.17, 15) is 22.8 Å². The number of amides is 2. The number of carbonyl (C=O) groups is 2. The number of likely N-dealkylation sites (N-methyl/N-ethyl adjacent to an activating group) is 1. The number of benzene rings is 1. The molecule has 0 fully saturated rings. The van der Waals surface area contributed by atoms with Crippen molar-refractivity contribution >= 4 is 28.8 Å². The summed E-state index contributed by atoms with van der Waals surface area (Å²) in [6.07, 6.45) is -4.40. The van der Waals surface area contributed by atoms with Crippen molar-refractivity contribution in [2.75, 3.05) is 18.4 Å². The van der Waals surface area contributed by atoms with Crippen LogP contribution in [0.25, 0.3) is 0 Å². The first-order valence-corrected chi connectivity index (χ1v) is 8.45. The number of halogens is 3. The lowest BCUT2D eigenvalue weighted by atomic mass is 10.1. The van der Waals surface area contributed by atoms with Crippen LogP contribution in [0.1, 0.15) is 17.4 Å². The zero-order chi connectivity index (χ0) is 18.4. The molecule has 0 aliphatic heterocycles. The first kappa shape index (κ1) is 19.0. The van der Waals surface area contributed by atoms with E-state index in [1.54, 1.807) is 6.92 Å². The number of thiophene rings is 1. The number of nitrogens with one attached hydrogen (secondary N) is 1. The van der Waals surface area contributed by atoms with Crippen molar-refractivity contribution in [3.8, 4) is 0 Å². The summed E-state index contributed by atoms with van der Waals surface area (Å²) in [5.74, 6) is -0.915. The number of hydrogen-bond donors (Lipinski definition) is 1. The number of para-hydroxylation sites is 1. The number of carbonyl (C=O) groups excluding carboxylic acids is 2. The Morgan fingerprint density at radius 2 is 1.88 bits per heavy atom. The van der Waals surface area contributed by atoms with Crippen molar-refractivity contribution in [1.29, 1.82) is 0 Å². The smallest absolute Gasteiger partial charge is 0.333 e. The summed E-state index contributed by atoms with van der Waals surface area (Å²) in [6.45, 7) is 1.70. The fraction of sp³-hybridized carbons (Fsp3) is 0.294. The second kappa shape index (κ2) is 8.15. The molecule has 0 aliphatic rings. The van der Waals surface area contributed by atoms with Crippen LogP contribution in [-0.2, 0) is 22.2 Å². The molecule has 2 amide bonds. The predicted octanol–water partition coefficient (Wildman–Crippen LogP) is 3.80. The number of nitrogens with zero attached hydrogens (tertiary/aromatic N) is 1. The van der Waals surface area contributed by atoms with Crippen molar-refractivity contribution in [1.82, 2.24) is 4.90 Å². The third-order valence-corrected chi connectivity index (χ3v) is 4.36. The van der Waals surface area contributed by atoms with Crippen LogP contribution in [0.2, 0.25) is 0 Å². The van der Waals surface area contributed by atoms with E-state index in [0.29, 0.717) is 6.54 Å². The lowest BCUT2D eigenvalue weighted by molar-refractivity contribution is -0.137. The molecule has 0 radical (unpaired) electrons. The van der Waals surface area contributed by atoms with Crippen molar-refractivity contribution in [2.24, 2.45) is 0 Å². The Hall–Kier alpha value is -2.35. The molecule has 4 nitrogen and oxygen atoms in total. The average Bonchev–Trinajstić information content (AvgIpc) is 3.05. The second-order valence-electron chi connectivity index (χ2n) is 5.26. The third-order valence-electron chi connectivity index (χ3n) is 3.48. The van der Waals surface area contributed by atoms with Gasteiger partial charge >= 0.3 is 6.18 Å². The zero-order valence-corrected chi connectivity index (χ0v) is 14.3. The molecule has 0 saturated carbocycles. The van der Waals surface area contributed by atoms with Gasteiger partial charge in [0.25, 0.3) is 0 Å². The van der Waals surface area contributed by atoms with E-state index in [2.05, 4.69) is 5.32 Å². The van der Waals surface area contributed by atoms with E-state index in [-0.39, 0.29) is 24.6 Å². The molecular formula is C17H17F3N2O2S. The van der Waals surface area contributed by atoms with E-state index < -0.39 is 17.6 Å². The largest absolute Gasteiger partial charge is 0.418 e. The van der Waals surface area contributed by atoms with Crippen LogP contribution in [0, 0.1) is 0 Å². The molecular weight excluding hydrogens is 353 g/mol. The van der Waals surface area contributed by atoms with Crippen LogP contribution in [0.4, 0.5) is 18.9 Å². The van der Waals surface area contributed by atoms with E-state index in [0.717, 1.165) is 10.9 Å². The Kier molecular flexibility index (Phi) is 6.19. The summed E-state index contributed by atoms with van der Waals surface area (Å²) in [5.41, 5.74) is -1.24. The SMILES string of the molecule is CCN(CC(=O)Nc1ccccc1C(F)(F)F)C(=O)Cc1cccs1. The number of hydrogen-bond acceptors (Lipinski definition) is 3. The molecule has 0 aliphatic carbocycles. The fourth-order valence-corrected chi connectivity index (χ4v) is 2.95. The lowest BCUT2D eigenvalue weighted by Crippen LogP contribution is -2.38. The van der Waals surface area contributed by atoms with Gasteiger partial charge in [-0.15, -0.1) is 11.3 Å². The summed E-state index contributed by atoms with van der Waals surface area (Å²) in [5, 5.41) is 4.09. The Labute approximate surface area is 147 Å². The van der Waals surface area contributed by atoms with Gasteiger partial charge in [0, 0.05) is 11.4 Å². The van der Waals surface area contributed by atoms with Gasteiger partial charge in [-0.3, -0.25) is 9.59 Å². The molecule has 134 valence electrons. The van der Waals surface area contributed by atoms with Crippen LogP contribution in [0.3, 0.4) is 0 Å². The van der Waals surface area contributed by atoms with E-state index >= 15 is 0 Å². The van der Waals surface area contributed by atoms with Gasteiger partial charge in [-0.05, 0) is 30.5 Å². The van der Waals surface area contributed by atoms with E-state index in [1.165, 1.54) is 34.4 Å². The van der Waals surface area contributed by atoms with Crippen LogP contribution in [-0.4, -0.2) is 29.8 Å². The highest BCUT2D eigenvalue weighted by molar-refractivity contribution is 7.10. The first-order chi connectivity index (χ1) is 11.8. The van der Waals surface area contributed by atoms with Gasteiger partial charge < -0.3 is 10.2 Å². The monoisotopic (exact) mass is 370 g/mol. The second-order valence-corrected chi connectivity index (χ2v) is 6.29. The Balaban J connectivity index is 2.02. The molecule has 1 aromatic carbocycles. The summed E-state index contributed by atoms with van der Waals surface area (Å²) in [4.78, 5) is 26.5. The highest BCUT2D eigenvalue weighted by Gasteiger charge is 2.33. The molecule has 8 heteroatoms. The minimum absolute atomic E-state index is 0.165. The normalized spacial score (nSPS) is 11.2. The summed E-state index contributed by atoms with van der Waals surface area (Å²) < 4.78 is 38.9. The van der Waals surface area contributed by atoms with Gasteiger partial charge in [-0.25, -0.2) is 0 Å². The zero-order valence-electron chi connectivity index (χ0n) is 13.5. The molecule has 0 saturated heterocycles. The maximum atomic E-state index is 13.0. The van der Waals surface area contributed by atoms with Crippen LogP contribution >= 0.6 is 11.3 Å². The lowest BCUT2D eigenvalue weighted by Gasteiger charge is -2.21. The summed E-state index contributed by atoms with van der Waals surface area (Å²) in [7, 11) is 0. The van der Waals surface area contributed by atoms with Gasteiger partial charge in [-0.1, -0.05) is 18.2 Å². The molecule has 1 aromatic heterocycles. The number of anilines is 1. The maximum Gasteiger partial charge on any atom is 0.418 e. The van der Waals surface area contributed by atoms with Crippen LogP contribution < -0.4 is 5.32 Å². The third kappa shape index (κ3) is 5.32. The Morgan fingerprint density at radius 1 is 1.16 bits per heavy atom. The van der Waals surface area contributed by atoms with Gasteiger partial charge in [0.15, 0.2) is 0 Å². The number of rotatable bonds is 6.